The smallest absolute Gasteiger partial charge is 0.416 e. The Morgan fingerprint density at radius 2 is 1.85 bits per heavy atom. The first kappa shape index (κ1) is 23.7. The van der Waals surface area contributed by atoms with Crippen LogP contribution in [-0.2, 0) is 19.3 Å². The van der Waals surface area contributed by atoms with E-state index in [0.717, 1.165) is 17.7 Å². The maximum atomic E-state index is 13.2. The van der Waals surface area contributed by atoms with Crippen LogP contribution in [0.1, 0.15) is 11.1 Å². The number of nitrogens with one attached hydrogen (secondary N) is 1. The van der Waals surface area contributed by atoms with Crippen LogP contribution in [0.2, 0.25) is 5.02 Å². The number of anilines is 2. The standard InChI is InChI=1S/C22H20ClF3N4O4/c1-28-19-17(18(32)27-20(33)29(19)9-10-31)30(12-13-5-7-15(23)8-6-13)21(28)34-16-4-2-3-14(11-16)22(24,25)26/h2-8,11,21,31H,9-10,12H2,1H3,(H,27,32,33). The van der Waals surface area contributed by atoms with E-state index in [-0.39, 0.29) is 37.0 Å². The van der Waals surface area contributed by atoms with Crippen LogP contribution < -0.4 is 25.8 Å². The molecule has 12 heteroatoms. The van der Waals surface area contributed by atoms with E-state index in [1.165, 1.54) is 26.5 Å². The lowest BCUT2D eigenvalue weighted by atomic mass is 10.2. The van der Waals surface area contributed by atoms with Gasteiger partial charge in [0, 0.05) is 18.6 Å². The molecule has 1 aliphatic rings. The van der Waals surface area contributed by atoms with Gasteiger partial charge in [-0.15, -0.1) is 0 Å². The number of aliphatic hydroxyl groups is 1. The number of alkyl halides is 3. The van der Waals surface area contributed by atoms with Gasteiger partial charge in [0.2, 0.25) is 0 Å². The fourth-order valence-corrected chi connectivity index (χ4v) is 3.98. The van der Waals surface area contributed by atoms with Crippen LogP contribution in [0.4, 0.5) is 24.7 Å². The van der Waals surface area contributed by atoms with Gasteiger partial charge in [-0.2, -0.15) is 13.2 Å². The van der Waals surface area contributed by atoms with Crippen molar-refractivity contribution in [2.75, 3.05) is 23.5 Å². The summed E-state index contributed by atoms with van der Waals surface area (Å²) in [6, 6.07) is 11.2. The second-order valence-electron chi connectivity index (χ2n) is 7.64. The zero-order valence-electron chi connectivity index (χ0n) is 17.8. The van der Waals surface area contributed by atoms with Crippen LogP contribution >= 0.6 is 11.6 Å². The molecule has 1 aromatic heterocycles. The SMILES string of the molecule is CN1c2c(c(=O)[nH]c(=O)n2CCO)N(Cc2ccc(Cl)cc2)C1Oc1cccc(C(F)(F)F)c1. The second kappa shape index (κ2) is 9.07. The number of hydrogen-bond donors (Lipinski definition) is 2. The number of hydrogen-bond acceptors (Lipinski definition) is 6. The zero-order chi connectivity index (χ0) is 24.6. The Hall–Kier alpha value is -3.44. The van der Waals surface area contributed by atoms with E-state index in [4.69, 9.17) is 16.3 Å². The highest BCUT2D eigenvalue weighted by Crippen LogP contribution is 2.38. The van der Waals surface area contributed by atoms with Crippen LogP contribution in [0.25, 0.3) is 0 Å². The van der Waals surface area contributed by atoms with Crippen molar-refractivity contribution < 1.29 is 23.0 Å². The molecule has 0 fully saturated rings. The van der Waals surface area contributed by atoms with Gasteiger partial charge in [-0.25, -0.2) is 4.79 Å². The van der Waals surface area contributed by atoms with Gasteiger partial charge in [0.15, 0.2) is 0 Å². The summed E-state index contributed by atoms with van der Waals surface area (Å²) >= 11 is 5.96. The fourth-order valence-electron chi connectivity index (χ4n) is 3.85. The molecule has 8 nitrogen and oxygen atoms in total. The Morgan fingerprint density at radius 3 is 2.50 bits per heavy atom. The molecule has 1 aliphatic heterocycles. The van der Waals surface area contributed by atoms with Crippen LogP contribution in [0.5, 0.6) is 5.75 Å². The number of rotatable bonds is 6. The molecule has 4 rings (SSSR count). The minimum absolute atomic E-state index is 0.0759. The van der Waals surface area contributed by atoms with E-state index in [1.54, 1.807) is 31.3 Å². The van der Waals surface area contributed by atoms with Gasteiger partial charge >= 0.3 is 11.9 Å². The number of fused-ring (bicyclic) bond motifs is 1. The summed E-state index contributed by atoms with van der Waals surface area (Å²) in [7, 11) is 1.55. The largest absolute Gasteiger partial charge is 0.452 e. The van der Waals surface area contributed by atoms with E-state index in [9.17, 15) is 27.9 Å². The Labute approximate surface area is 196 Å². The van der Waals surface area contributed by atoms with Crippen LogP contribution in [0, 0.1) is 0 Å². The first-order chi connectivity index (χ1) is 16.1. The molecule has 0 saturated carbocycles. The molecule has 0 aliphatic carbocycles. The molecule has 0 saturated heterocycles. The van der Waals surface area contributed by atoms with Gasteiger partial charge in [0.05, 0.1) is 18.7 Å². The van der Waals surface area contributed by atoms with Gasteiger partial charge in [-0.05, 0) is 35.9 Å². The molecule has 34 heavy (non-hydrogen) atoms. The molecule has 0 amide bonds. The van der Waals surface area contributed by atoms with E-state index in [1.807, 2.05) is 0 Å². The van der Waals surface area contributed by atoms with Gasteiger partial charge < -0.3 is 19.6 Å². The van der Waals surface area contributed by atoms with Crippen molar-refractivity contribution in [2.45, 2.75) is 25.6 Å². The van der Waals surface area contributed by atoms with Crippen molar-refractivity contribution in [2.24, 2.45) is 0 Å². The Morgan fingerprint density at radius 1 is 1.15 bits per heavy atom. The topological polar surface area (TPSA) is 90.8 Å². The molecular weight excluding hydrogens is 477 g/mol. The lowest BCUT2D eigenvalue weighted by molar-refractivity contribution is -0.137. The van der Waals surface area contributed by atoms with E-state index < -0.39 is 29.3 Å². The molecule has 0 radical (unpaired) electrons. The van der Waals surface area contributed by atoms with Crippen molar-refractivity contribution in [3.05, 3.63) is 85.5 Å². The number of aromatic amines is 1. The highest BCUT2D eigenvalue weighted by Gasteiger charge is 2.41. The van der Waals surface area contributed by atoms with Crippen LogP contribution in [0.15, 0.2) is 58.1 Å². The lowest BCUT2D eigenvalue weighted by Crippen LogP contribution is -2.46. The van der Waals surface area contributed by atoms with Crippen molar-refractivity contribution in [1.82, 2.24) is 9.55 Å². The van der Waals surface area contributed by atoms with E-state index in [2.05, 4.69) is 4.98 Å². The summed E-state index contributed by atoms with van der Waals surface area (Å²) in [5.41, 5.74) is -1.48. The maximum Gasteiger partial charge on any atom is 0.416 e. The van der Waals surface area contributed by atoms with Crippen LogP contribution in [-0.4, -0.2) is 34.7 Å². The fraction of sp³-hybridized carbons (Fsp3) is 0.273. The number of nitrogens with zero attached hydrogens (tertiary/aromatic N) is 3. The number of aliphatic hydroxyl groups excluding tert-OH is 1. The zero-order valence-corrected chi connectivity index (χ0v) is 18.6. The lowest BCUT2D eigenvalue weighted by Gasteiger charge is -2.30. The van der Waals surface area contributed by atoms with Crippen molar-refractivity contribution in [1.29, 1.82) is 0 Å². The summed E-state index contributed by atoms with van der Waals surface area (Å²) in [6.07, 6.45) is -5.63. The Kier molecular flexibility index (Phi) is 6.32. The number of aromatic nitrogens is 2. The third-order valence-corrected chi connectivity index (χ3v) is 5.61. The molecule has 0 bridgehead atoms. The first-order valence-corrected chi connectivity index (χ1v) is 10.5. The Balaban J connectivity index is 1.81. The van der Waals surface area contributed by atoms with Gasteiger partial charge in [-0.3, -0.25) is 14.3 Å². The monoisotopic (exact) mass is 496 g/mol. The highest BCUT2D eigenvalue weighted by molar-refractivity contribution is 6.30. The van der Waals surface area contributed by atoms with Crippen molar-refractivity contribution in [3.63, 3.8) is 0 Å². The molecule has 1 unspecified atom stereocenters. The molecule has 2 aromatic carbocycles. The maximum absolute atomic E-state index is 13.2. The third-order valence-electron chi connectivity index (χ3n) is 5.36. The summed E-state index contributed by atoms with van der Waals surface area (Å²) in [5.74, 6) is 0.0989. The average molecular weight is 497 g/mol. The number of ether oxygens (including phenoxy) is 1. The average Bonchev–Trinajstić information content (AvgIpc) is 3.04. The summed E-state index contributed by atoms with van der Waals surface area (Å²) in [5, 5.41) is 9.94. The Bertz CT molecular complexity index is 1310. The van der Waals surface area contributed by atoms with Crippen LogP contribution in [0.3, 0.4) is 0 Å². The molecule has 0 spiro atoms. The number of H-pyrrole nitrogens is 1. The molecular formula is C22H20ClF3N4O4. The van der Waals surface area contributed by atoms with E-state index in [0.29, 0.717) is 5.02 Å². The molecule has 1 atom stereocenters. The highest BCUT2D eigenvalue weighted by atomic mass is 35.5. The van der Waals surface area contributed by atoms with Crippen molar-refractivity contribution in [3.8, 4) is 5.75 Å². The van der Waals surface area contributed by atoms with Crippen molar-refractivity contribution >= 4 is 23.1 Å². The second-order valence-corrected chi connectivity index (χ2v) is 8.08. The van der Waals surface area contributed by atoms with Gasteiger partial charge in [-0.1, -0.05) is 29.8 Å². The predicted octanol–water partition coefficient (Wildman–Crippen LogP) is 3.02. The minimum atomic E-state index is -4.56. The summed E-state index contributed by atoms with van der Waals surface area (Å²) in [6.45, 7) is -0.353. The molecule has 2 heterocycles. The molecule has 3 aromatic rings. The third kappa shape index (κ3) is 4.48. The van der Waals surface area contributed by atoms with Gasteiger partial charge in [0.25, 0.3) is 11.9 Å². The van der Waals surface area contributed by atoms with Gasteiger partial charge in [0.1, 0.15) is 17.3 Å². The molecule has 180 valence electrons. The quantitative estimate of drug-likeness (QED) is 0.545. The minimum Gasteiger partial charge on any atom is -0.452 e. The summed E-state index contributed by atoms with van der Waals surface area (Å²) in [4.78, 5) is 30.5. The molecule has 2 N–H and O–H groups in total. The number of benzene rings is 2. The normalized spacial score (nSPS) is 15.5. The first-order valence-electron chi connectivity index (χ1n) is 10.2. The number of halogens is 4. The van der Waals surface area contributed by atoms with E-state index >= 15 is 0 Å². The summed E-state index contributed by atoms with van der Waals surface area (Å²) < 4.78 is 46.8. The predicted molar refractivity (Wildman–Crippen MR) is 120 cm³/mol.